The molecule has 1 N–H and O–H groups in total. The van der Waals surface area contributed by atoms with Gasteiger partial charge in [0.15, 0.2) is 11.6 Å². The minimum atomic E-state index is -0.658. The van der Waals surface area contributed by atoms with Gasteiger partial charge in [-0.3, -0.25) is 0 Å². The first-order valence-corrected chi connectivity index (χ1v) is 5.38. The molecule has 0 aromatic carbocycles. The van der Waals surface area contributed by atoms with Crippen molar-refractivity contribution in [1.29, 1.82) is 0 Å². The maximum absolute atomic E-state index is 13.2. The van der Waals surface area contributed by atoms with E-state index in [0.717, 1.165) is 38.3 Å². The number of pyridine rings is 1. The van der Waals surface area contributed by atoms with Crippen molar-refractivity contribution in [3.05, 3.63) is 23.9 Å². The standard InChI is InChI=1S/C11H14F2N2O/c12-9-5-10(13)11(15-7-9)14-6-8-1-3-16-4-2-8/h5,7-8H,1-4,6H2,(H,14,15). The van der Waals surface area contributed by atoms with E-state index in [2.05, 4.69) is 10.3 Å². The zero-order valence-electron chi connectivity index (χ0n) is 8.88. The van der Waals surface area contributed by atoms with Gasteiger partial charge in [-0.1, -0.05) is 0 Å². The predicted octanol–water partition coefficient (Wildman–Crippen LogP) is 2.20. The van der Waals surface area contributed by atoms with Crippen LogP contribution in [0.15, 0.2) is 12.3 Å². The molecule has 0 amide bonds. The fourth-order valence-electron chi connectivity index (χ4n) is 1.74. The van der Waals surface area contributed by atoms with Crippen LogP contribution in [-0.4, -0.2) is 24.7 Å². The number of nitrogens with one attached hydrogen (secondary N) is 1. The topological polar surface area (TPSA) is 34.2 Å². The summed E-state index contributed by atoms with van der Waals surface area (Å²) in [6.07, 6.45) is 2.95. The van der Waals surface area contributed by atoms with Crippen LogP contribution < -0.4 is 5.32 Å². The van der Waals surface area contributed by atoms with Gasteiger partial charge in [0.2, 0.25) is 0 Å². The van der Waals surface area contributed by atoms with Crippen LogP contribution in [-0.2, 0) is 4.74 Å². The third-order valence-corrected chi connectivity index (χ3v) is 2.71. The molecule has 16 heavy (non-hydrogen) atoms. The number of anilines is 1. The van der Waals surface area contributed by atoms with Gasteiger partial charge in [-0.15, -0.1) is 0 Å². The molecule has 1 fully saturated rings. The van der Waals surface area contributed by atoms with Gasteiger partial charge in [-0.2, -0.15) is 0 Å². The zero-order valence-corrected chi connectivity index (χ0v) is 8.88. The predicted molar refractivity (Wildman–Crippen MR) is 56.2 cm³/mol. The van der Waals surface area contributed by atoms with Crippen LogP contribution in [0.1, 0.15) is 12.8 Å². The van der Waals surface area contributed by atoms with E-state index >= 15 is 0 Å². The number of nitrogens with zero attached hydrogens (tertiary/aromatic N) is 1. The van der Waals surface area contributed by atoms with Gasteiger partial charge in [0.1, 0.15) is 5.82 Å². The SMILES string of the molecule is Fc1cnc(NCC2CCOCC2)c(F)c1. The van der Waals surface area contributed by atoms with Crippen molar-refractivity contribution < 1.29 is 13.5 Å². The highest BCUT2D eigenvalue weighted by molar-refractivity contribution is 5.35. The average Bonchev–Trinajstić information content (AvgIpc) is 2.29. The molecule has 1 aromatic rings. The number of hydrogen-bond acceptors (Lipinski definition) is 3. The van der Waals surface area contributed by atoms with Crippen molar-refractivity contribution in [2.24, 2.45) is 5.92 Å². The largest absolute Gasteiger partial charge is 0.381 e. The monoisotopic (exact) mass is 228 g/mol. The van der Waals surface area contributed by atoms with Crippen LogP contribution in [0.5, 0.6) is 0 Å². The number of hydrogen-bond donors (Lipinski definition) is 1. The molecule has 0 aliphatic carbocycles. The Kier molecular flexibility index (Phi) is 3.66. The molecule has 1 aliphatic rings. The van der Waals surface area contributed by atoms with Crippen molar-refractivity contribution in [2.45, 2.75) is 12.8 Å². The normalized spacial score (nSPS) is 17.4. The molecule has 0 spiro atoms. The summed E-state index contributed by atoms with van der Waals surface area (Å²) in [7, 11) is 0. The van der Waals surface area contributed by atoms with Crippen LogP contribution >= 0.6 is 0 Å². The third kappa shape index (κ3) is 2.88. The summed E-state index contributed by atoms with van der Waals surface area (Å²) in [5, 5.41) is 2.90. The first-order chi connectivity index (χ1) is 7.75. The molecule has 1 saturated heterocycles. The Labute approximate surface area is 92.8 Å². The van der Waals surface area contributed by atoms with Crippen molar-refractivity contribution in [1.82, 2.24) is 4.98 Å². The lowest BCUT2D eigenvalue weighted by molar-refractivity contribution is 0.0699. The molecule has 0 saturated carbocycles. The Balaban J connectivity index is 1.88. The van der Waals surface area contributed by atoms with Crippen LogP contribution in [0, 0.1) is 17.6 Å². The molecule has 1 aliphatic heterocycles. The molecule has 88 valence electrons. The quantitative estimate of drug-likeness (QED) is 0.861. The van der Waals surface area contributed by atoms with Crippen molar-refractivity contribution in [3.8, 4) is 0 Å². The number of ether oxygens (including phenoxy) is 1. The van der Waals surface area contributed by atoms with E-state index in [4.69, 9.17) is 4.74 Å². The van der Waals surface area contributed by atoms with Crippen LogP contribution in [0.25, 0.3) is 0 Å². The molecule has 0 unspecified atom stereocenters. The van der Waals surface area contributed by atoms with E-state index < -0.39 is 11.6 Å². The second-order valence-corrected chi connectivity index (χ2v) is 3.92. The minimum Gasteiger partial charge on any atom is -0.381 e. The van der Waals surface area contributed by atoms with Gasteiger partial charge in [0.25, 0.3) is 0 Å². The summed E-state index contributed by atoms with van der Waals surface area (Å²) in [5.74, 6) is -0.714. The summed E-state index contributed by atoms with van der Waals surface area (Å²) in [6.45, 7) is 2.16. The smallest absolute Gasteiger partial charge is 0.168 e. The van der Waals surface area contributed by atoms with E-state index in [1.165, 1.54) is 0 Å². The second kappa shape index (κ2) is 5.21. The summed E-state index contributed by atoms with van der Waals surface area (Å²) in [4.78, 5) is 3.67. The number of rotatable bonds is 3. The summed E-state index contributed by atoms with van der Waals surface area (Å²) < 4.78 is 31.0. The van der Waals surface area contributed by atoms with Gasteiger partial charge >= 0.3 is 0 Å². The van der Waals surface area contributed by atoms with E-state index in [1.807, 2.05) is 0 Å². The molecule has 0 atom stereocenters. The maximum atomic E-state index is 13.2. The Morgan fingerprint density at radius 3 is 2.81 bits per heavy atom. The fourth-order valence-corrected chi connectivity index (χ4v) is 1.74. The summed E-state index contributed by atoms with van der Waals surface area (Å²) >= 11 is 0. The Morgan fingerprint density at radius 2 is 2.12 bits per heavy atom. The first-order valence-electron chi connectivity index (χ1n) is 5.38. The van der Waals surface area contributed by atoms with E-state index in [-0.39, 0.29) is 5.82 Å². The van der Waals surface area contributed by atoms with Crippen LogP contribution in [0.3, 0.4) is 0 Å². The molecule has 5 heteroatoms. The van der Waals surface area contributed by atoms with Crippen LogP contribution in [0.4, 0.5) is 14.6 Å². The number of halogens is 2. The van der Waals surface area contributed by atoms with E-state index in [9.17, 15) is 8.78 Å². The van der Waals surface area contributed by atoms with E-state index in [0.29, 0.717) is 12.5 Å². The molecule has 0 radical (unpaired) electrons. The zero-order chi connectivity index (χ0) is 11.4. The van der Waals surface area contributed by atoms with Gasteiger partial charge in [0.05, 0.1) is 6.20 Å². The Hall–Kier alpha value is -1.23. The average molecular weight is 228 g/mol. The highest BCUT2D eigenvalue weighted by Gasteiger charge is 2.14. The minimum absolute atomic E-state index is 0.118. The summed E-state index contributed by atoms with van der Waals surface area (Å²) in [5.41, 5.74) is 0. The first kappa shape index (κ1) is 11.3. The molecule has 0 bridgehead atoms. The molecule has 3 nitrogen and oxygen atoms in total. The van der Waals surface area contributed by atoms with Crippen molar-refractivity contribution >= 4 is 5.82 Å². The highest BCUT2D eigenvalue weighted by Crippen LogP contribution is 2.17. The van der Waals surface area contributed by atoms with Gasteiger partial charge in [-0.05, 0) is 18.8 Å². The second-order valence-electron chi connectivity index (χ2n) is 3.92. The molecule has 2 heterocycles. The lowest BCUT2D eigenvalue weighted by atomic mass is 10.0. The molecular formula is C11H14F2N2O. The Bertz CT molecular complexity index is 354. The Morgan fingerprint density at radius 1 is 1.38 bits per heavy atom. The molecule has 1 aromatic heterocycles. The lowest BCUT2D eigenvalue weighted by Crippen LogP contribution is -2.23. The summed E-state index contributed by atoms with van der Waals surface area (Å²) in [6, 6.07) is 0.833. The number of aromatic nitrogens is 1. The highest BCUT2D eigenvalue weighted by atomic mass is 19.1. The van der Waals surface area contributed by atoms with Gasteiger partial charge in [0, 0.05) is 25.8 Å². The molecular weight excluding hydrogens is 214 g/mol. The third-order valence-electron chi connectivity index (χ3n) is 2.71. The van der Waals surface area contributed by atoms with Gasteiger partial charge < -0.3 is 10.1 Å². The van der Waals surface area contributed by atoms with E-state index in [1.54, 1.807) is 0 Å². The fraction of sp³-hybridized carbons (Fsp3) is 0.545. The van der Waals surface area contributed by atoms with Crippen LogP contribution in [0.2, 0.25) is 0 Å². The maximum Gasteiger partial charge on any atom is 0.168 e. The molecule has 2 rings (SSSR count). The lowest BCUT2D eigenvalue weighted by Gasteiger charge is -2.22. The van der Waals surface area contributed by atoms with Crippen molar-refractivity contribution in [3.63, 3.8) is 0 Å². The van der Waals surface area contributed by atoms with Gasteiger partial charge in [-0.25, -0.2) is 13.8 Å². The van der Waals surface area contributed by atoms with Crippen molar-refractivity contribution in [2.75, 3.05) is 25.1 Å².